The van der Waals surface area contributed by atoms with Crippen LogP contribution < -0.4 is 14.2 Å². The van der Waals surface area contributed by atoms with Crippen molar-refractivity contribution >= 4 is 5.97 Å². The Morgan fingerprint density at radius 3 is 1.82 bits per heavy atom. The average Bonchev–Trinajstić information content (AvgIpc) is 2.73. The van der Waals surface area contributed by atoms with Gasteiger partial charge in [0, 0.05) is 34.2 Å². The number of phenols is 1. The second kappa shape index (κ2) is 10.5. The van der Waals surface area contributed by atoms with E-state index in [0.29, 0.717) is 36.0 Å². The van der Waals surface area contributed by atoms with E-state index in [9.17, 15) is 9.90 Å². The van der Waals surface area contributed by atoms with Crippen LogP contribution in [-0.4, -0.2) is 24.3 Å². The average molecular weight is 469 g/mol. The molecular formula is C29H40O5. The Labute approximate surface area is 204 Å². The van der Waals surface area contributed by atoms with Crippen LogP contribution >= 0.6 is 0 Å². The number of aromatic hydroxyl groups is 1. The Bertz CT molecular complexity index is 1040. The normalized spacial score (nSPS) is 12.7. The molecule has 186 valence electrons. The van der Waals surface area contributed by atoms with Crippen LogP contribution in [0.2, 0.25) is 0 Å². The lowest BCUT2D eigenvalue weighted by Gasteiger charge is -2.29. The highest BCUT2D eigenvalue weighted by Crippen LogP contribution is 2.47. The summed E-state index contributed by atoms with van der Waals surface area (Å²) in [4.78, 5) is 12.3. The first kappa shape index (κ1) is 27.3. The molecule has 2 aromatic carbocycles. The van der Waals surface area contributed by atoms with Crippen LogP contribution in [0.3, 0.4) is 0 Å². The summed E-state index contributed by atoms with van der Waals surface area (Å²) in [6.45, 7) is 22.8. The minimum absolute atomic E-state index is 0.212. The number of carbonyl (C=O) groups excluding carboxylic acids is 1. The van der Waals surface area contributed by atoms with Crippen molar-refractivity contribution in [3.8, 4) is 23.0 Å². The fraction of sp³-hybridized carbons (Fsp3) is 0.483. The van der Waals surface area contributed by atoms with Crippen LogP contribution in [0.15, 0.2) is 36.9 Å². The van der Waals surface area contributed by atoms with Gasteiger partial charge in [-0.2, -0.15) is 0 Å². The van der Waals surface area contributed by atoms with Gasteiger partial charge in [-0.05, 0) is 48.9 Å². The second-order valence-electron chi connectivity index (χ2n) is 10.5. The Kier molecular flexibility index (Phi) is 8.46. The number of hydrogen-bond donors (Lipinski definition) is 1. The van der Waals surface area contributed by atoms with Crippen molar-refractivity contribution in [2.45, 2.75) is 79.1 Å². The summed E-state index contributed by atoms with van der Waals surface area (Å²) in [5.41, 5.74) is 2.45. The molecule has 0 saturated carbocycles. The number of benzene rings is 2. The zero-order valence-corrected chi connectivity index (χ0v) is 22.2. The Morgan fingerprint density at radius 1 is 0.912 bits per heavy atom. The first-order valence-electron chi connectivity index (χ1n) is 11.9. The number of ether oxygens (including phenoxy) is 3. The van der Waals surface area contributed by atoms with Gasteiger partial charge in [0.05, 0.1) is 13.2 Å². The predicted octanol–water partition coefficient (Wildman–Crippen LogP) is 7.03. The number of phenolic OH excluding ortho intramolecular Hbond substituents is 1. The fourth-order valence-corrected chi connectivity index (χ4v) is 3.96. The van der Waals surface area contributed by atoms with Crippen LogP contribution in [-0.2, 0) is 15.6 Å². The summed E-state index contributed by atoms with van der Waals surface area (Å²) in [6, 6.07) is 7.56. The van der Waals surface area contributed by atoms with E-state index in [1.165, 1.54) is 0 Å². The van der Waals surface area contributed by atoms with Gasteiger partial charge in [0.2, 0.25) is 0 Å². The predicted molar refractivity (Wildman–Crippen MR) is 138 cm³/mol. The molecular weight excluding hydrogens is 428 g/mol. The van der Waals surface area contributed by atoms with Gasteiger partial charge in [-0.1, -0.05) is 55.0 Å². The number of esters is 1. The van der Waals surface area contributed by atoms with Crippen LogP contribution in [0, 0.1) is 0 Å². The highest BCUT2D eigenvalue weighted by Gasteiger charge is 2.30. The summed E-state index contributed by atoms with van der Waals surface area (Å²) >= 11 is 0. The highest BCUT2D eigenvalue weighted by molar-refractivity contribution is 5.84. The Hall–Kier alpha value is -2.95. The van der Waals surface area contributed by atoms with Crippen molar-refractivity contribution in [3.05, 3.63) is 59.2 Å². The molecule has 0 aliphatic rings. The van der Waals surface area contributed by atoms with Gasteiger partial charge in [-0.15, -0.1) is 0 Å². The van der Waals surface area contributed by atoms with Crippen LogP contribution in [0.5, 0.6) is 23.0 Å². The minimum Gasteiger partial charge on any atom is -0.507 e. The molecule has 0 aliphatic carbocycles. The third-order valence-corrected chi connectivity index (χ3v) is 5.74. The molecule has 5 heteroatoms. The van der Waals surface area contributed by atoms with E-state index in [2.05, 4.69) is 48.1 Å². The molecule has 0 amide bonds. The number of hydrogen-bond acceptors (Lipinski definition) is 5. The van der Waals surface area contributed by atoms with Gasteiger partial charge in [0.25, 0.3) is 0 Å². The lowest BCUT2D eigenvalue weighted by atomic mass is 9.79. The fourth-order valence-electron chi connectivity index (χ4n) is 3.96. The largest absolute Gasteiger partial charge is 0.507 e. The first-order chi connectivity index (χ1) is 15.7. The summed E-state index contributed by atoms with van der Waals surface area (Å²) in [7, 11) is 0. The zero-order valence-electron chi connectivity index (χ0n) is 22.2. The van der Waals surface area contributed by atoms with Crippen molar-refractivity contribution in [2.75, 3.05) is 13.2 Å². The molecule has 0 bridgehead atoms. The Balaban J connectivity index is 2.88. The Morgan fingerprint density at radius 2 is 1.38 bits per heavy atom. The lowest BCUT2D eigenvalue weighted by Crippen LogP contribution is -2.18. The van der Waals surface area contributed by atoms with E-state index in [4.69, 9.17) is 14.2 Å². The van der Waals surface area contributed by atoms with E-state index >= 15 is 0 Å². The third-order valence-electron chi connectivity index (χ3n) is 5.74. The highest BCUT2D eigenvalue weighted by atomic mass is 16.5. The van der Waals surface area contributed by atoms with Gasteiger partial charge in [0.15, 0.2) is 0 Å². The molecule has 0 aromatic heterocycles. The topological polar surface area (TPSA) is 65.0 Å². The standard InChI is InChI=1S/C29H40O5/c1-11-25(30)34-27-22(15-20(33-13-3)17-24(27)29(8,9)10)18(4)21-14-19(32-12-2)16-23(26(21)31)28(5,6)7/h11,14-18,31H,1,12-13H2,2-10H3. The molecule has 2 rings (SSSR count). The van der Waals surface area contributed by atoms with Crippen LogP contribution in [0.1, 0.15) is 90.5 Å². The molecule has 34 heavy (non-hydrogen) atoms. The van der Waals surface area contributed by atoms with Gasteiger partial charge < -0.3 is 19.3 Å². The van der Waals surface area contributed by atoms with Crippen LogP contribution in [0.4, 0.5) is 0 Å². The minimum atomic E-state index is -0.536. The maximum absolute atomic E-state index is 12.3. The number of carbonyl (C=O) groups is 1. The lowest BCUT2D eigenvalue weighted by molar-refractivity contribution is -0.129. The molecule has 1 unspecified atom stereocenters. The molecule has 1 N–H and O–H groups in total. The zero-order chi connectivity index (χ0) is 25.8. The summed E-state index contributed by atoms with van der Waals surface area (Å²) in [6.07, 6.45) is 1.15. The molecule has 0 saturated heterocycles. The molecule has 0 fully saturated rings. The van der Waals surface area contributed by atoms with E-state index in [1.54, 1.807) is 0 Å². The molecule has 0 aliphatic heterocycles. The summed E-state index contributed by atoms with van der Waals surface area (Å²) < 4.78 is 17.5. The van der Waals surface area contributed by atoms with Gasteiger partial charge in [-0.3, -0.25) is 0 Å². The first-order valence-corrected chi connectivity index (χ1v) is 11.9. The van der Waals surface area contributed by atoms with Crippen molar-refractivity contribution in [3.63, 3.8) is 0 Å². The smallest absolute Gasteiger partial charge is 0.335 e. The van der Waals surface area contributed by atoms with E-state index in [-0.39, 0.29) is 22.5 Å². The second-order valence-corrected chi connectivity index (χ2v) is 10.5. The molecule has 1 atom stereocenters. The summed E-state index contributed by atoms with van der Waals surface area (Å²) in [5, 5.41) is 11.4. The van der Waals surface area contributed by atoms with E-state index in [0.717, 1.165) is 22.8 Å². The van der Waals surface area contributed by atoms with Gasteiger partial charge in [0.1, 0.15) is 23.0 Å². The van der Waals surface area contributed by atoms with Crippen molar-refractivity contribution in [2.24, 2.45) is 0 Å². The molecule has 5 nitrogen and oxygen atoms in total. The third kappa shape index (κ3) is 6.13. The summed E-state index contributed by atoms with van der Waals surface area (Å²) in [5.74, 6) is 1.19. The number of rotatable bonds is 8. The van der Waals surface area contributed by atoms with E-state index < -0.39 is 5.97 Å². The van der Waals surface area contributed by atoms with E-state index in [1.807, 2.05) is 45.0 Å². The maximum atomic E-state index is 12.3. The molecule has 0 spiro atoms. The van der Waals surface area contributed by atoms with Crippen molar-refractivity contribution < 1.29 is 24.1 Å². The van der Waals surface area contributed by atoms with Gasteiger partial charge >= 0.3 is 5.97 Å². The van der Waals surface area contributed by atoms with Crippen molar-refractivity contribution in [1.29, 1.82) is 0 Å². The SMILES string of the molecule is C=CC(=O)Oc1c(C(C)c2cc(OCC)cc(C(C)(C)C)c2O)cc(OCC)cc1C(C)(C)C. The maximum Gasteiger partial charge on any atom is 0.335 e. The monoisotopic (exact) mass is 468 g/mol. The molecule has 2 aromatic rings. The quantitative estimate of drug-likeness (QED) is 0.256. The van der Waals surface area contributed by atoms with Gasteiger partial charge in [-0.25, -0.2) is 4.79 Å². The molecule has 0 radical (unpaired) electrons. The molecule has 0 heterocycles. The van der Waals surface area contributed by atoms with Crippen molar-refractivity contribution in [1.82, 2.24) is 0 Å². The van der Waals surface area contributed by atoms with Crippen LogP contribution in [0.25, 0.3) is 0 Å².